The van der Waals surface area contributed by atoms with Gasteiger partial charge in [0.05, 0.1) is 6.61 Å². The normalized spacial score (nSPS) is 18.0. The Balaban J connectivity index is 1.89. The highest BCUT2D eigenvalue weighted by atomic mass is 79.9. The van der Waals surface area contributed by atoms with E-state index in [1.165, 1.54) is 18.4 Å². The highest BCUT2D eigenvalue weighted by Gasteiger charge is 2.31. The van der Waals surface area contributed by atoms with Crippen molar-refractivity contribution in [2.75, 3.05) is 26.8 Å². The topological polar surface area (TPSA) is 38.5 Å². The molecule has 0 aromatic heterocycles. The summed E-state index contributed by atoms with van der Waals surface area (Å²) in [6.07, 6.45) is 3.73. The molecule has 0 saturated heterocycles. The molecule has 0 spiro atoms. The van der Waals surface area contributed by atoms with Crippen LogP contribution in [0.3, 0.4) is 0 Å². The van der Waals surface area contributed by atoms with Gasteiger partial charge in [-0.05, 0) is 43.7 Å². The van der Waals surface area contributed by atoms with Gasteiger partial charge in [-0.25, -0.2) is 0 Å². The van der Waals surface area contributed by atoms with E-state index in [0.717, 1.165) is 36.5 Å². The van der Waals surface area contributed by atoms with Crippen LogP contribution in [0.1, 0.15) is 37.8 Å². The Labute approximate surface area is 137 Å². The van der Waals surface area contributed by atoms with Crippen molar-refractivity contribution in [2.45, 2.75) is 38.3 Å². The minimum absolute atomic E-state index is 0.0806. The van der Waals surface area contributed by atoms with E-state index >= 15 is 0 Å². The van der Waals surface area contributed by atoms with Crippen molar-refractivity contribution in [1.82, 2.24) is 4.90 Å². The van der Waals surface area contributed by atoms with Gasteiger partial charge >= 0.3 is 0 Å². The maximum atomic E-state index is 6.38. The molecule has 3 nitrogen and oxygen atoms in total. The van der Waals surface area contributed by atoms with Crippen molar-refractivity contribution < 1.29 is 4.74 Å². The Morgan fingerprint density at radius 1 is 1.33 bits per heavy atom. The summed E-state index contributed by atoms with van der Waals surface area (Å²) in [5.74, 6) is 0.876. The van der Waals surface area contributed by atoms with Crippen LogP contribution in [0.5, 0.6) is 0 Å². The van der Waals surface area contributed by atoms with Crippen molar-refractivity contribution in [1.29, 1.82) is 0 Å². The lowest BCUT2D eigenvalue weighted by molar-refractivity contribution is 0.114. The van der Waals surface area contributed by atoms with Gasteiger partial charge in [-0.15, -0.1) is 0 Å². The van der Waals surface area contributed by atoms with Crippen LogP contribution in [0.4, 0.5) is 0 Å². The lowest BCUT2D eigenvalue weighted by atomic mass is 10.0. The van der Waals surface area contributed by atoms with Crippen molar-refractivity contribution in [3.63, 3.8) is 0 Å². The Morgan fingerprint density at radius 2 is 2.05 bits per heavy atom. The molecule has 0 heterocycles. The molecule has 1 fully saturated rings. The molecule has 2 unspecified atom stereocenters. The summed E-state index contributed by atoms with van der Waals surface area (Å²) in [6, 6.07) is 8.97. The predicted octanol–water partition coefficient (Wildman–Crippen LogP) is 3.59. The van der Waals surface area contributed by atoms with Crippen LogP contribution in [-0.4, -0.2) is 37.7 Å². The number of ether oxygens (including phenoxy) is 1. The molecule has 0 bridgehead atoms. The lowest BCUT2D eigenvalue weighted by Gasteiger charge is -2.30. The van der Waals surface area contributed by atoms with E-state index in [1.807, 2.05) is 6.07 Å². The van der Waals surface area contributed by atoms with Crippen molar-refractivity contribution >= 4 is 15.9 Å². The van der Waals surface area contributed by atoms with Gasteiger partial charge in [0.15, 0.2) is 0 Å². The van der Waals surface area contributed by atoms with Gasteiger partial charge in [0, 0.05) is 36.8 Å². The molecule has 1 aliphatic rings. The fraction of sp³-hybridized carbons (Fsp3) is 0.647. The summed E-state index contributed by atoms with van der Waals surface area (Å²) in [5, 5.41) is 0. The van der Waals surface area contributed by atoms with E-state index in [0.29, 0.717) is 6.04 Å². The summed E-state index contributed by atoms with van der Waals surface area (Å²) >= 11 is 3.59. The largest absolute Gasteiger partial charge is 0.383 e. The fourth-order valence-corrected chi connectivity index (χ4v) is 3.42. The molecule has 21 heavy (non-hydrogen) atoms. The average Bonchev–Trinajstić information content (AvgIpc) is 3.31. The maximum absolute atomic E-state index is 6.38. The van der Waals surface area contributed by atoms with E-state index in [1.54, 1.807) is 7.11 Å². The van der Waals surface area contributed by atoms with Crippen LogP contribution in [0, 0.1) is 5.92 Å². The first-order valence-corrected chi connectivity index (χ1v) is 8.65. The maximum Gasteiger partial charge on any atom is 0.0589 e. The third-order valence-corrected chi connectivity index (χ3v) is 5.22. The molecule has 0 aliphatic heterocycles. The monoisotopic (exact) mass is 354 g/mol. The van der Waals surface area contributed by atoms with Crippen LogP contribution in [0.2, 0.25) is 0 Å². The Hall–Kier alpha value is -0.420. The molecular weight excluding hydrogens is 328 g/mol. The molecule has 0 radical (unpaired) electrons. The Morgan fingerprint density at radius 3 is 2.67 bits per heavy atom. The second-order valence-corrected chi connectivity index (χ2v) is 6.88. The third-order valence-electron chi connectivity index (χ3n) is 4.49. The van der Waals surface area contributed by atoms with E-state index in [4.69, 9.17) is 10.5 Å². The van der Waals surface area contributed by atoms with E-state index in [-0.39, 0.29) is 6.04 Å². The van der Waals surface area contributed by atoms with Gasteiger partial charge in [0.2, 0.25) is 0 Å². The second-order valence-electron chi connectivity index (χ2n) is 6.02. The molecule has 1 aliphatic carbocycles. The number of rotatable bonds is 9. The number of hydrogen-bond acceptors (Lipinski definition) is 3. The predicted molar refractivity (Wildman–Crippen MR) is 91.3 cm³/mol. The van der Waals surface area contributed by atoms with Gasteiger partial charge in [-0.2, -0.15) is 0 Å². The van der Waals surface area contributed by atoms with Crippen molar-refractivity contribution in [3.8, 4) is 0 Å². The lowest BCUT2D eigenvalue weighted by Crippen LogP contribution is -2.39. The third kappa shape index (κ3) is 5.06. The molecule has 1 aromatic carbocycles. The van der Waals surface area contributed by atoms with E-state index < -0.39 is 0 Å². The Bertz CT molecular complexity index is 437. The summed E-state index contributed by atoms with van der Waals surface area (Å²) in [5.41, 5.74) is 7.57. The van der Waals surface area contributed by atoms with Crippen LogP contribution < -0.4 is 5.73 Å². The van der Waals surface area contributed by atoms with E-state index in [9.17, 15) is 0 Å². The van der Waals surface area contributed by atoms with Crippen LogP contribution >= 0.6 is 15.9 Å². The number of methoxy groups -OCH3 is 1. The number of nitrogens with two attached hydrogens (primary N) is 1. The van der Waals surface area contributed by atoms with Crippen LogP contribution in [0.15, 0.2) is 28.7 Å². The zero-order valence-electron chi connectivity index (χ0n) is 13.1. The number of hydrogen-bond donors (Lipinski definition) is 1. The zero-order valence-corrected chi connectivity index (χ0v) is 14.7. The first-order valence-electron chi connectivity index (χ1n) is 7.86. The minimum atomic E-state index is 0.0806. The van der Waals surface area contributed by atoms with Crippen molar-refractivity contribution in [2.24, 2.45) is 11.7 Å². The number of nitrogens with zero attached hydrogens (tertiary/aromatic N) is 1. The molecule has 118 valence electrons. The van der Waals surface area contributed by atoms with Gasteiger partial charge in [0.25, 0.3) is 0 Å². The summed E-state index contributed by atoms with van der Waals surface area (Å²) < 4.78 is 6.36. The molecule has 0 amide bonds. The van der Waals surface area contributed by atoms with Crippen molar-refractivity contribution in [3.05, 3.63) is 34.3 Å². The van der Waals surface area contributed by atoms with Gasteiger partial charge < -0.3 is 10.5 Å². The SMILES string of the molecule is COCCN(CCC(N)c1ccccc1Br)C(C)C1CC1. The Kier molecular flexibility index (Phi) is 6.68. The average molecular weight is 355 g/mol. The fourth-order valence-electron chi connectivity index (χ4n) is 2.84. The molecule has 1 aromatic rings. The number of benzene rings is 1. The second kappa shape index (κ2) is 8.28. The molecular formula is C17H27BrN2O. The molecule has 4 heteroatoms. The molecule has 1 saturated carbocycles. The number of halogens is 1. The van der Waals surface area contributed by atoms with Gasteiger partial charge in [-0.3, -0.25) is 4.90 Å². The first-order chi connectivity index (χ1) is 10.1. The minimum Gasteiger partial charge on any atom is -0.383 e. The zero-order chi connectivity index (χ0) is 15.2. The van der Waals surface area contributed by atoms with Crippen LogP contribution in [0.25, 0.3) is 0 Å². The molecule has 2 atom stereocenters. The highest BCUT2D eigenvalue weighted by molar-refractivity contribution is 9.10. The quantitative estimate of drug-likeness (QED) is 0.736. The summed E-state index contributed by atoms with van der Waals surface area (Å²) in [7, 11) is 1.77. The molecule has 2 rings (SSSR count). The molecule has 2 N–H and O–H groups in total. The first kappa shape index (κ1) is 16.9. The van der Waals surface area contributed by atoms with Gasteiger partial charge in [0.1, 0.15) is 0 Å². The van der Waals surface area contributed by atoms with E-state index in [2.05, 4.69) is 46.0 Å². The standard InChI is InChI=1S/C17H27BrN2O/c1-13(14-7-8-14)20(11-12-21-2)10-9-17(19)15-5-3-4-6-16(15)18/h3-6,13-14,17H,7-12,19H2,1-2H3. The smallest absolute Gasteiger partial charge is 0.0589 e. The summed E-state index contributed by atoms with van der Waals surface area (Å²) in [6.45, 7) is 5.17. The van der Waals surface area contributed by atoms with Crippen LogP contribution in [-0.2, 0) is 4.74 Å². The highest BCUT2D eigenvalue weighted by Crippen LogP contribution is 2.35. The summed E-state index contributed by atoms with van der Waals surface area (Å²) in [4.78, 5) is 2.54. The van der Waals surface area contributed by atoms with Gasteiger partial charge in [-0.1, -0.05) is 34.1 Å².